The quantitative estimate of drug-likeness (QED) is 0.777. The van der Waals surface area contributed by atoms with E-state index in [0.717, 1.165) is 26.2 Å². The van der Waals surface area contributed by atoms with Gasteiger partial charge in [-0.05, 0) is 37.5 Å². The molecule has 3 N–H and O–H groups in total. The third-order valence-corrected chi connectivity index (χ3v) is 3.88. The highest BCUT2D eigenvalue weighted by Gasteiger charge is 2.25. The number of phenolic OH excluding ortho intramolecular Hbond substituents is 1. The molecule has 0 radical (unpaired) electrons. The molecular weight excluding hydrogens is 295 g/mol. The van der Waals surface area contributed by atoms with Crippen molar-refractivity contribution in [1.29, 1.82) is 0 Å². The molecule has 0 unspecified atom stereocenters. The van der Waals surface area contributed by atoms with Crippen molar-refractivity contribution in [1.82, 2.24) is 10.2 Å². The minimum Gasteiger partial charge on any atom is -0.507 e. The summed E-state index contributed by atoms with van der Waals surface area (Å²) in [7, 11) is 0. The molecule has 0 bridgehead atoms. The van der Waals surface area contributed by atoms with Gasteiger partial charge in [0.1, 0.15) is 11.6 Å². The van der Waals surface area contributed by atoms with E-state index in [0.29, 0.717) is 24.0 Å². The van der Waals surface area contributed by atoms with E-state index in [1.54, 1.807) is 6.92 Å². The molecule has 0 saturated carbocycles. The molecule has 2 rings (SSSR count). The fourth-order valence-electron chi connectivity index (χ4n) is 2.83. The van der Waals surface area contributed by atoms with Gasteiger partial charge >= 0.3 is 0 Å². The summed E-state index contributed by atoms with van der Waals surface area (Å²) < 4.78 is 13.7. The molecule has 1 aliphatic rings. The van der Waals surface area contributed by atoms with Gasteiger partial charge in [-0.3, -0.25) is 4.90 Å². The summed E-state index contributed by atoms with van der Waals surface area (Å²) in [5.41, 5.74) is 1.20. The first-order valence-electron chi connectivity index (χ1n) is 7.18. The fourth-order valence-corrected chi connectivity index (χ4v) is 2.83. The van der Waals surface area contributed by atoms with Crippen molar-refractivity contribution in [3.8, 4) is 5.75 Å². The van der Waals surface area contributed by atoms with Crippen molar-refractivity contribution >= 4 is 12.4 Å². The Hall–Kier alpha value is -0.880. The van der Waals surface area contributed by atoms with Gasteiger partial charge in [0.05, 0.1) is 0 Å². The van der Waals surface area contributed by atoms with Crippen molar-refractivity contribution in [3.05, 3.63) is 29.1 Å². The van der Waals surface area contributed by atoms with Crippen LogP contribution in [0.1, 0.15) is 30.0 Å². The number of aliphatic hydroxyl groups is 1. The topological polar surface area (TPSA) is 55.7 Å². The molecule has 21 heavy (non-hydrogen) atoms. The van der Waals surface area contributed by atoms with Crippen LogP contribution in [0.2, 0.25) is 0 Å². The Morgan fingerprint density at radius 2 is 2.00 bits per heavy atom. The molecule has 0 aromatic heterocycles. The molecule has 1 aromatic rings. The number of nitrogens with one attached hydrogen (secondary N) is 1. The second-order valence-electron chi connectivity index (χ2n) is 5.33. The standard InChI is InChI=1S/C15H23FN2O2.ClH/c1-11-9-12(16)10-13(15(11)20)14(3-2-8-19)18-6-4-17-5-7-18;/h9-10,14,17,19-20H,2-8H2,1H3;1H/t14-;/m0./s1. The van der Waals surface area contributed by atoms with Crippen molar-refractivity contribution < 1.29 is 14.6 Å². The smallest absolute Gasteiger partial charge is 0.124 e. The van der Waals surface area contributed by atoms with Gasteiger partial charge in [0.15, 0.2) is 0 Å². The van der Waals surface area contributed by atoms with Crippen LogP contribution in [0.4, 0.5) is 4.39 Å². The molecule has 1 aliphatic heterocycles. The summed E-state index contributed by atoms with van der Waals surface area (Å²) in [4.78, 5) is 2.25. The number of aryl methyl sites for hydroxylation is 1. The van der Waals surface area contributed by atoms with Crippen LogP contribution in [0.25, 0.3) is 0 Å². The van der Waals surface area contributed by atoms with Gasteiger partial charge in [-0.25, -0.2) is 4.39 Å². The number of benzene rings is 1. The number of phenols is 1. The fraction of sp³-hybridized carbons (Fsp3) is 0.600. The average Bonchev–Trinajstić information content (AvgIpc) is 2.45. The number of nitrogens with zero attached hydrogens (tertiary/aromatic N) is 1. The Bertz CT molecular complexity index is 454. The maximum atomic E-state index is 13.7. The van der Waals surface area contributed by atoms with Crippen LogP contribution < -0.4 is 5.32 Å². The minimum atomic E-state index is -0.320. The molecule has 4 nitrogen and oxygen atoms in total. The van der Waals surface area contributed by atoms with E-state index in [2.05, 4.69) is 10.2 Å². The number of halogens is 2. The Morgan fingerprint density at radius 3 is 2.62 bits per heavy atom. The maximum Gasteiger partial charge on any atom is 0.124 e. The average molecular weight is 319 g/mol. The van der Waals surface area contributed by atoms with Crippen LogP contribution in [0.3, 0.4) is 0 Å². The molecule has 1 atom stereocenters. The van der Waals surface area contributed by atoms with E-state index in [1.807, 2.05) is 0 Å². The van der Waals surface area contributed by atoms with Crippen LogP contribution in [0, 0.1) is 12.7 Å². The van der Waals surface area contributed by atoms with Crippen LogP contribution in [-0.2, 0) is 0 Å². The molecule has 0 amide bonds. The van der Waals surface area contributed by atoms with Gasteiger partial charge in [-0.15, -0.1) is 12.4 Å². The van der Waals surface area contributed by atoms with Crippen LogP contribution in [0.5, 0.6) is 5.75 Å². The number of rotatable bonds is 5. The summed E-state index contributed by atoms with van der Waals surface area (Å²) in [6.07, 6.45) is 1.36. The van der Waals surface area contributed by atoms with Crippen molar-refractivity contribution in [3.63, 3.8) is 0 Å². The zero-order valence-electron chi connectivity index (χ0n) is 12.3. The SMILES string of the molecule is Cc1cc(F)cc([C@H](CCCO)N2CCNCC2)c1O.Cl. The van der Waals surface area contributed by atoms with E-state index >= 15 is 0 Å². The van der Waals surface area contributed by atoms with E-state index in [1.165, 1.54) is 12.1 Å². The highest BCUT2D eigenvalue weighted by molar-refractivity contribution is 5.85. The minimum absolute atomic E-state index is 0. The highest BCUT2D eigenvalue weighted by atomic mass is 35.5. The zero-order valence-corrected chi connectivity index (χ0v) is 13.1. The van der Waals surface area contributed by atoms with Gasteiger partial charge in [-0.2, -0.15) is 0 Å². The van der Waals surface area contributed by atoms with Crippen LogP contribution >= 0.6 is 12.4 Å². The van der Waals surface area contributed by atoms with Gasteiger partial charge in [0, 0.05) is 44.4 Å². The molecule has 1 heterocycles. The number of aromatic hydroxyl groups is 1. The third-order valence-electron chi connectivity index (χ3n) is 3.88. The first-order valence-corrected chi connectivity index (χ1v) is 7.18. The van der Waals surface area contributed by atoms with E-state index < -0.39 is 0 Å². The Labute approximate surface area is 131 Å². The second kappa shape index (κ2) is 8.54. The zero-order chi connectivity index (χ0) is 14.5. The van der Waals surface area contributed by atoms with Gasteiger partial charge < -0.3 is 15.5 Å². The maximum absolute atomic E-state index is 13.7. The monoisotopic (exact) mass is 318 g/mol. The van der Waals surface area contributed by atoms with Crippen LogP contribution in [-0.4, -0.2) is 47.9 Å². The molecule has 1 aromatic carbocycles. The summed E-state index contributed by atoms with van der Waals surface area (Å²) in [6.45, 7) is 5.34. The summed E-state index contributed by atoms with van der Waals surface area (Å²) in [6, 6.07) is 2.73. The van der Waals surface area contributed by atoms with Crippen LogP contribution in [0.15, 0.2) is 12.1 Å². The van der Waals surface area contributed by atoms with Gasteiger partial charge in [0.2, 0.25) is 0 Å². The third kappa shape index (κ3) is 4.54. The highest BCUT2D eigenvalue weighted by Crippen LogP contribution is 2.35. The Morgan fingerprint density at radius 1 is 1.33 bits per heavy atom. The lowest BCUT2D eigenvalue weighted by Crippen LogP contribution is -2.45. The number of aliphatic hydroxyl groups excluding tert-OH is 1. The predicted molar refractivity (Wildman–Crippen MR) is 83.6 cm³/mol. The molecule has 0 spiro atoms. The first kappa shape index (κ1) is 18.2. The predicted octanol–water partition coefficient (Wildman–Crippen LogP) is 1.98. The van der Waals surface area contributed by atoms with Gasteiger partial charge in [0.25, 0.3) is 0 Å². The Kier molecular flexibility index (Phi) is 7.39. The number of piperazine rings is 1. The number of hydrogen-bond donors (Lipinski definition) is 3. The van der Waals surface area contributed by atoms with Crippen molar-refractivity contribution in [2.75, 3.05) is 32.8 Å². The van der Waals surface area contributed by atoms with E-state index in [-0.39, 0.29) is 36.6 Å². The normalized spacial score (nSPS) is 17.3. The molecule has 1 fully saturated rings. The van der Waals surface area contributed by atoms with Gasteiger partial charge in [-0.1, -0.05) is 0 Å². The molecule has 0 aliphatic carbocycles. The first-order chi connectivity index (χ1) is 9.63. The summed E-state index contributed by atoms with van der Waals surface area (Å²) in [5, 5.41) is 22.6. The lowest BCUT2D eigenvalue weighted by atomic mass is 9.96. The van der Waals surface area contributed by atoms with E-state index in [4.69, 9.17) is 5.11 Å². The number of hydrogen-bond acceptors (Lipinski definition) is 4. The summed E-state index contributed by atoms with van der Waals surface area (Å²) >= 11 is 0. The largest absolute Gasteiger partial charge is 0.507 e. The molecule has 6 heteroatoms. The Balaban J connectivity index is 0.00000220. The lowest BCUT2D eigenvalue weighted by Gasteiger charge is -2.35. The van der Waals surface area contributed by atoms with Crippen molar-refractivity contribution in [2.24, 2.45) is 0 Å². The molecular formula is C15H24ClFN2O2. The second-order valence-corrected chi connectivity index (χ2v) is 5.33. The van der Waals surface area contributed by atoms with E-state index in [9.17, 15) is 9.50 Å². The van der Waals surface area contributed by atoms with Crippen molar-refractivity contribution in [2.45, 2.75) is 25.8 Å². The lowest BCUT2D eigenvalue weighted by molar-refractivity contribution is 0.152. The molecule has 120 valence electrons. The summed E-state index contributed by atoms with van der Waals surface area (Å²) in [5.74, 6) is -0.146. The molecule has 1 saturated heterocycles.